The first kappa shape index (κ1) is 24.9. The van der Waals surface area contributed by atoms with Crippen LogP contribution >= 0.6 is 0 Å². The van der Waals surface area contributed by atoms with Gasteiger partial charge in [-0.05, 0) is 34.4 Å². The second kappa shape index (κ2) is 11.2. The Morgan fingerprint density at radius 3 is 1.05 bits per heavy atom. The van der Waals surface area contributed by atoms with Gasteiger partial charge in [0.05, 0.1) is 18.8 Å². The van der Waals surface area contributed by atoms with E-state index in [9.17, 15) is 0 Å². The molecule has 1 fully saturated rings. The summed E-state index contributed by atoms with van der Waals surface area (Å²) in [6, 6.07) is 61.5. The molecule has 2 nitrogen and oxygen atoms in total. The maximum Gasteiger partial charge on any atom is 0.0917 e. The fraction of sp³-hybridized carbons (Fsp3) is 0.0769. The molecule has 0 saturated carbocycles. The quantitative estimate of drug-likeness (QED) is 0.212. The minimum Gasteiger partial charge on any atom is -0.344 e. The number of hydrogen-bond donors (Lipinski definition) is 0. The van der Waals surface area contributed by atoms with E-state index in [1.807, 2.05) is 0 Å². The van der Waals surface area contributed by atoms with E-state index in [1.165, 1.54) is 44.8 Å². The fourth-order valence-electron chi connectivity index (χ4n) is 6.33. The lowest BCUT2D eigenvalue weighted by molar-refractivity contribution is 0.619. The SMILES string of the molecule is c1ccc(-c2ccccc2N2CN(c3ccccc3-c3ccccc3)[C@@H](c3ccccc3)[C@H]2c2ccccc2)cc1. The van der Waals surface area contributed by atoms with Gasteiger partial charge >= 0.3 is 0 Å². The van der Waals surface area contributed by atoms with Crippen LogP contribution in [0.3, 0.4) is 0 Å². The molecular weight excluding hydrogens is 496 g/mol. The summed E-state index contributed by atoms with van der Waals surface area (Å²) in [7, 11) is 0. The van der Waals surface area contributed by atoms with Crippen molar-refractivity contribution in [1.82, 2.24) is 0 Å². The monoisotopic (exact) mass is 528 g/mol. The highest BCUT2D eigenvalue weighted by atomic mass is 15.4. The van der Waals surface area contributed by atoms with Crippen molar-refractivity contribution in [2.45, 2.75) is 12.1 Å². The van der Waals surface area contributed by atoms with Gasteiger partial charge in [-0.15, -0.1) is 0 Å². The molecule has 7 rings (SSSR count). The number of anilines is 2. The standard InChI is InChI=1S/C39H32N2/c1-5-17-30(18-6-1)34-25-13-15-27-36(34)40-29-41(37-28-16-14-26-35(37)31-19-7-2-8-20-31)39(33-23-11-4-12-24-33)38(40)32-21-9-3-10-22-32/h1-28,38-39H,29H2/t38-,39+. The molecule has 1 aliphatic heterocycles. The molecule has 0 radical (unpaired) electrons. The minimum atomic E-state index is 0.104. The number of benzene rings is 6. The van der Waals surface area contributed by atoms with Crippen molar-refractivity contribution in [3.05, 3.63) is 181 Å². The van der Waals surface area contributed by atoms with Gasteiger partial charge in [0.2, 0.25) is 0 Å². The lowest BCUT2D eigenvalue weighted by Crippen LogP contribution is -2.27. The Morgan fingerprint density at radius 1 is 0.341 bits per heavy atom. The van der Waals surface area contributed by atoms with E-state index >= 15 is 0 Å². The molecule has 2 heteroatoms. The summed E-state index contributed by atoms with van der Waals surface area (Å²) in [5, 5.41) is 0. The normalized spacial score (nSPS) is 16.6. The molecule has 0 bridgehead atoms. The van der Waals surface area contributed by atoms with E-state index in [0.717, 1.165) is 6.67 Å². The van der Waals surface area contributed by atoms with Gasteiger partial charge < -0.3 is 9.80 Å². The van der Waals surface area contributed by atoms with E-state index in [0.29, 0.717) is 0 Å². The zero-order valence-electron chi connectivity index (χ0n) is 22.9. The molecule has 0 aliphatic carbocycles. The highest BCUT2D eigenvalue weighted by molar-refractivity contribution is 5.83. The van der Waals surface area contributed by atoms with E-state index in [-0.39, 0.29) is 12.1 Å². The predicted octanol–water partition coefficient (Wildman–Crippen LogP) is 9.79. The minimum absolute atomic E-state index is 0.104. The third-order valence-corrected chi connectivity index (χ3v) is 8.15. The first-order valence-corrected chi connectivity index (χ1v) is 14.3. The highest BCUT2D eigenvalue weighted by Gasteiger charge is 2.43. The van der Waals surface area contributed by atoms with Crippen LogP contribution in [-0.4, -0.2) is 6.67 Å². The van der Waals surface area contributed by atoms with Gasteiger partial charge in [0.1, 0.15) is 0 Å². The zero-order chi connectivity index (χ0) is 27.4. The molecule has 2 atom stereocenters. The Bertz CT molecular complexity index is 1590. The molecule has 1 aliphatic rings. The molecule has 6 aromatic rings. The molecule has 0 spiro atoms. The molecule has 0 amide bonds. The van der Waals surface area contributed by atoms with Gasteiger partial charge in [-0.2, -0.15) is 0 Å². The second-order valence-electron chi connectivity index (χ2n) is 10.6. The molecule has 0 aromatic heterocycles. The maximum atomic E-state index is 2.61. The lowest BCUT2D eigenvalue weighted by Gasteiger charge is -2.32. The van der Waals surface area contributed by atoms with E-state index in [1.54, 1.807) is 0 Å². The van der Waals surface area contributed by atoms with Gasteiger partial charge in [-0.25, -0.2) is 0 Å². The summed E-state index contributed by atoms with van der Waals surface area (Å²) in [4.78, 5) is 5.22. The van der Waals surface area contributed by atoms with Crippen molar-refractivity contribution in [2.75, 3.05) is 16.5 Å². The Kier molecular flexibility index (Phi) is 6.80. The van der Waals surface area contributed by atoms with Crippen molar-refractivity contribution < 1.29 is 0 Å². The van der Waals surface area contributed by atoms with Gasteiger partial charge in [0.15, 0.2) is 0 Å². The van der Waals surface area contributed by atoms with Gasteiger partial charge in [-0.3, -0.25) is 0 Å². The summed E-state index contributed by atoms with van der Waals surface area (Å²) in [6.07, 6.45) is 0. The van der Waals surface area contributed by atoms with Gasteiger partial charge in [-0.1, -0.05) is 158 Å². The summed E-state index contributed by atoms with van der Waals surface area (Å²) in [5.41, 5.74) is 10.1. The van der Waals surface area contributed by atoms with Crippen LogP contribution in [0.15, 0.2) is 170 Å². The van der Waals surface area contributed by atoms with Crippen LogP contribution in [-0.2, 0) is 0 Å². The van der Waals surface area contributed by atoms with Gasteiger partial charge in [0, 0.05) is 22.5 Å². The van der Waals surface area contributed by atoms with Crippen LogP contribution < -0.4 is 9.80 Å². The number of para-hydroxylation sites is 2. The summed E-state index contributed by atoms with van der Waals surface area (Å²) >= 11 is 0. The van der Waals surface area contributed by atoms with Crippen LogP contribution in [0, 0.1) is 0 Å². The Labute approximate surface area is 242 Å². The van der Waals surface area contributed by atoms with Gasteiger partial charge in [0.25, 0.3) is 0 Å². The largest absolute Gasteiger partial charge is 0.344 e. The predicted molar refractivity (Wildman–Crippen MR) is 172 cm³/mol. The molecule has 6 aromatic carbocycles. The highest BCUT2D eigenvalue weighted by Crippen LogP contribution is 2.51. The number of nitrogens with zero attached hydrogens (tertiary/aromatic N) is 2. The van der Waals surface area contributed by atoms with Crippen molar-refractivity contribution >= 4 is 11.4 Å². The summed E-state index contributed by atoms with van der Waals surface area (Å²) < 4.78 is 0. The average Bonchev–Trinajstić information content (AvgIpc) is 3.47. The Balaban J connectivity index is 1.46. The third-order valence-electron chi connectivity index (χ3n) is 8.15. The molecule has 1 heterocycles. The third kappa shape index (κ3) is 4.79. The molecule has 1 saturated heterocycles. The average molecular weight is 529 g/mol. The fourth-order valence-corrected chi connectivity index (χ4v) is 6.33. The topological polar surface area (TPSA) is 6.48 Å². The van der Waals surface area contributed by atoms with E-state index < -0.39 is 0 Å². The molecule has 0 unspecified atom stereocenters. The van der Waals surface area contributed by atoms with Crippen molar-refractivity contribution in [3.63, 3.8) is 0 Å². The van der Waals surface area contributed by atoms with Crippen molar-refractivity contribution in [3.8, 4) is 22.3 Å². The molecule has 198 valence electrons. The summed E-state index contributed by atoms with van der Waals surface area (Å²) in [5.74, 6) is 0. The molecule has 41 heavy (non-hydrogen) atoms. The van der Waals surface area contributed by atoms with Crippen LogP contribution in [0.1, 0.15) is 23.2 Å². The van der Waals surface area contributed by atoms with Crippen LogP contribution in [0.2, 0.25) is 0 Å². The van der Waals surface area contributed by atoms with E-state index in [4.69, 9.17) is 0 Å². The van der Waals surface area contributed by atoms with Crippen LogP contribution in [0.5, 0.6) is 0 Å². The van der Waals surface area contributed by atoms with Crippen LogP contribution in [0.25, 0.3) is 22.3 Å². The first-order chi connectivity index (χ1) is 20.4. The number of rotatable bonds is 6. The molecule has 0 N–H and O–H groups in total. The Morgan fingerprint density at radius 2 is 0.659 bits per heavy atom. The van der Waals surface area contributed by atoms with Crippen molar-refractivity contribution in [2.24, 2.45) is 0 Å². The van der Waals surface area contributed by atoms with Crippen LogP contribution in [0.4, 0.5) is 11.4 Å². The molecular formula is C39H32N2. The lowest BCUT2D eigenvalue weighted by atomic mass is 9.91. The zero-order valence-corrected chi connectivity index (χ0v) is 22.9. The second-order valence-corrected chi connectivity index (χ2v) is 10.6. The van der Waals surface area contributed by atoms with E-state index in [2.05, 4.69) is 180 Å². The smallest absolute Gasteiger partial charge is 0.0917 e. The summed E-state index contributed by atoms with van der Waals surface area (Å²) in [6.45, 7) is 0.757. The van der Waals surface area contributed by atoms with Crippen molar-refractivity contribution in [1.29, 1.82) is 0 Å². The maximum absolute atomic E-state index is 2.61. The first-order valence-electron chi connectivity index (χ1n) is 14.3. The number of hydrogen-bond acceptors (Lipinski definition) is 2. The Hall–Kier alpha value is -5.08.